The van der Waals surface area contributed by atoms with Crippen molar-refractivity contribution in [2.45, 2.75) is 33.7 Å². The second-order valence-corrected chi connectivity index (χ2v) is 8.38. The molecule has 1 aromatic heterocycles. The average molecular weight is 437 g/mol. The molecule has 0 bridgehead atoms. The second kappa shape index (κ2) is 10.3. The highest BCUT2D eigenvalue weighted by Crippen LogP contribution is 2.31. The fraction of sp³-hybridized carbons (Fsp3) is 0.292. The summed E-state index contributed by atoms with van der Waals surface area (Å²) in [6.45, 7) is 6.39. The maximum atomic E-state index is 12.4. The molecule has 0 radical (unpaired) electrons. The quantitative estimate of drug-likeness (QED) is 0.552. The lowest BCUT2D eigenvalue weighted by atomic mass is 10.1. The van der Waals surface area contributed by atoms with Gasteiger partial charge in [-0.15, -0.1) is 11.3 Å². The summed E-state index contributed by atoms with van der Waals surface area (Å²) in [6, 6.07) is 15.6. The van der Waals surface area contributed by atoms with Crippen LogP contribution in [0.3, 0.4) is 0 Å². The number of nitrogens with one attached hydrogen (secondary N) is 1. The molecule has 0 fully saturated rings. The lowest BCUT2D eigenvalue weighted by Gasteiger charge is -2.21. The van der Waals surface area contributed by atoms with Crippen molar-refractivity contribution in [1.29, 1.82) is 0 Å². The number of nitrogens with zero attached hydrogens (tertiary/aromatic N) is 3. The van der Waals surface area contributed by atoms with Gasteiger partial charge in [0.05, 0.1) is 17.9 Å². The van der Waals surface area contributed by atoms with Crippen LogP contribution in [-0.2, 0) is 22.6 Å². The molecule has 0 aliphatic carbocycles. The Hall–Kier alpha value is -3.03. The van der Waals surface area contributed by atoms with E-state index in [0.717, 1.165) is 34.6 Å². The first-order chi connectivity index (χ1) is 14.9. The number of thiazole rings is 1. The molecule has 2 aromatic carbocycles. The van der Waals surface area contributed by atoms with Gasteiger partial charge in [-0.1, -0.05) is 42.8 Å². The Balaban J connectivity index is 1.65. The number of para-hydroxylation sites is 1. The van der Waals surface area contributed by atoms with Crippen molar-refractivity contribution in [3.8, 4) is 0 Å². The molecule has 0 atom stereocenters. The van der Waals surface area contributed by atoms with Crippen molar-refractivity contribution in [3.05, 3.63) is 70.7 Å². The number of aromatic nitrogens is 1. The van der Waals surface area contributed by atoms with Crippen LogP contribution >= 0.6 is 11.3 Å². The summed E-state index contributed by atoms with van der Waals surface area (Å²) in [5.41, 5.74) is 4.72. The first-order valence-electron chi connectivity index (χ1n) is 10.3. The second-order valence-electron chi connectivity index (χ2n) is 7.54. The van der Waals surface area contributed by atoms with E-state index in [2.05, 4.69) is 17.2 Å². The number of likely N-dealkylation sites (N-methyl/N-ethyl adjacent to an activating group) is 1. The normalized spacial score (nSPS) is 10.9. The smallest absolute Gasteiger partial charge is 0.238 e. The lowest BCUT2D eigenvalue weighted by Crippen LogP contribution is -2.30. The summed E-state index contributed by atoms with van der Waals surface area (Å²) >= 11 is 1.43. The molecular weight excluding hydrogens is 408 g/mol. The predicted octanol–water partition coefficient (Wildman–Crippen LogP) is 4.77. The van der Waals surface area contributed by atoms with E-state index in [1.54, 1.807) is 11.8 Å². The van der Waals surface area contributed by atoms with Crippen LogP contribution in [0.25, 0.3) is 0 Å². The highest BCUT2D eigenvalue weighted by molar-refractivity contribution is 7.14. The van der Waals surface area contributed by atoms with Gasteiger partial charge in [-0.25, -0.2) is 4.98 Å². The standard InChI is InChI=1S/C24H28N4O2S/c1-5-19-8-6-7-9-22(19)28(18(3)29)24-26-21(16-31-24)14-27(4)15-23(30)25-20-12-10-17(2)11-13-20/h6-13,16H,5,14-15H2,1-4H3,(H,25,30). The molecule has 31 heavy (non-hydrogen) atoms. The van der Waals surface area contributed by atoms with Gasteiger partial charge in [0.2, 0.25) is 11.8 Å². The molecule has 7 heteroatoms. The molecule has 162 valence electrons. The third-order valence-corrected chi connectivity index (χ3v) is 5.71. The van der Waals surface area contributed by atoms with Crippen LogP contribution in [0.15, 0.2) is 53.9 Å². The molecule has 0 aliphatic rings. The van der Waals surface area contributed by atoms with Gasteiger partial charge >= 0.3 is 0 Å². The zero-order valence-corrected chi connectivity index (χ0v) is 19.2. The summed E-state index contributed by atoms with van der Waals surface area (Å²) in [6.07, 6.45) is 0.830. The molecular formula is C24H28N4O2S. The van der Waals surface area contributed by atoms with E-state index in [9.17, 15) is 9.59 Å². The Morgan fingerprint density at radius 3 is 2.48 bits per heavy atom. The maximum Gasteiger partial charge on any atom is 0.238 e. The van der Waals surface area contributed by atoms with Gasteiger partial charge in [-0.3, -0.25) is 19.4 Å². The minimum Gasteiger partial charge on any atom is -0.325 e. The van der Waals surface area contributed by atoms with Crippen LogP contribution in [-0.4, -0.2) is 35.3 Å². The first-order valence-corrected chi connectivity index (χ1v) is 11.1. The Bertz CT molecular complexity index is 1050. The SMILES string of the molecule is CCc1ccccc1N(C(C)=O)c1nc(CN(C)CC(=O)Nc2ccc(C)cc2)cs1. The van der Waals surface area contributed by atoms with E-state index in [1.807, 2.05) is 72.8 Å². The molecule has 0 saturated carbocycles. The van der Waals surface area contributed by atoms with Crippen LogP contribution in [0, 0.1) is 6.92 Å². The third-order valence-electron chi connectivity index (χ3n) is 4.84. The van der Waals surface area contributed by atoms with Crippen LogP contribution in [0.2, 0.25) is 0 Å². The molecule has 0 saturated heterocycles. The fourth-order valence-electron chi connectivity index (χ4n) is 3.32. The molecule has 3 aromatic rings. The largest absolute Gasteiger partial charge is 0.325 e. The van der Waals surface area contributed by atoms with Crippen molar-refractivity contribution >= 4 is 39.7 Å². The molecule has 2 amide bonds. The number of aryl methyl sites for hydroxylation is 2. The molecule has 3 rings (SSSR count). The maximum absolute atomic E-state index is 12.4. The first kappa shape index (κ1) is 22.7. The van der Waals surface area contributed by atoms with Gasteiger partial charge in [-0.05, 0) is 44.2 Å². The zero-order valence-electron chi connectivity index (χ0n) is 18.4. The van der Waals surface area contributed by atoms with Crippen molar-refractivity contribution in [2.24, 2.45) is 0 Å². The highest BCUT2D eigenvalue weighted by Gasteiger charge is 2.20. The van der Waals surface area contributed by atoms with Gasteiger partial charge in [0.25, 0.3) is 0 Å². The van der Waals surface area contributed by atoms with E-state index in [4.69, 9.17) is 0 Å². The van der Waals surface area contributed by atoms with Crippen LogP contribution < -0.4 is 10.2 Å². The number of benzene rings is 2. The Labute approximate surface area is 187 Å². The van der Waals surface area contributed by atoms with Crippen molar-refractivity contribution in [3.63, 3.8) is 0 Å². The number of amides is 2. The molecule has 6 nitrogen and oxygen atoms in total. The lowest BCUT2D eigenvalue weighted by molar-refractivity contribution is -0.117. The van der Waals surface area contributed by atoms with Crippen LogP contribution in [0.4, 0.5) is 16.5 Å². The summed E-state index contributed by atoms with van der Waals surface area (Å²) in [5, 5.41) is 5.49. The summed E-state index contributed by atoms with van der Waals surface area (Å²) < 4.78 is 0. The minimum absolute atomic E-state index is 0.0763. The molecule has 0 unspecified atom stereocenters. The zero-order chi connectivity index (χ0) is 22.4. The molecule has 1 N–H and O–H groups in total. The van der Waals surface area contributed by atoms with Crippen LogP contribution in [0.5, 0.6) is 0 Å². The van der Waals surface area contributed by atoms with Gasteiger partial charge in [0, 0.05) is 24.5 Å². The highest BCUT2D eigenvalue weighted by atomic mass is 32.1. The minimum atomic E-state index is -0.0796. The number of carbonyl (C=O) groups is 2. The van der Waals surface area contributed by atoms with Gasteiger partial charge in [0.15, 0.2) is 5.13 Å². The number of anilines is 3. The topological polar surface area (TPSA) is 65.5 Å². The predicted molar refractivity (Wildman–Crippen MR) is 127 cm³/mol. The van der Waals surface area contributed by atoms with Gasteiger partial charge < -0.3 is 5.32 Å². The van der Waals surface area contributed by atoms with Gasteiger partial charge in [-0.2, -0.15) is 0 Å². The van der Waals surface area contributed by atoms with E-state index < -0.39 is 0 Å². The summed E-state index contributed by atoms with van der Waals surface area (Å²) in [4.78, 5) is 33.0. The van der Waals surface area contributed by atoms with E-state index in [0.29, 0.717) is 11.7 Å². The van der Waals surface area contributed by atoms with Crippen LogP contribution in [0.1, 0.15) is 30.7 Å². The van der Waals surface area contributed by atoms with Crippen molar-refractivity contribution < 1.29 is 9.59 Å². The summed E-state index contributed by atoms with van der Waals surface area (Å²) in [7, 11) is 1.88. The number of hydrogen-bond acceptors (Lipinski definition) is 5. The van der Waals surface area contributed by atoms with E-state index in [1.165, 1.54) is 11.3 Å². The fourth-order valence-corrected chi connectivity index (χ4v) is 4.19. The Morgan fingerprint density at radius 1 is 1.10 bits per heavy atom. The number of carbonyl (C=O) groups excluding carboxylic acids is 2. The number of hydrogen-bond donors (Lipinski definition) is 1. The Kier molecular flexibility index (Phi) is 7.55. The molecule has 1 heterocycles. The monoisotopic (exact) mass is 436 g/mol. The molecule has 0 aliphatic heterocycles. The van der Waals surface area contributed by atoms with E-state index >= 15 is 0 Å². The summed E-state index contributed by atoms with van der Waals surface area (Å²) in [5.74, 6) is -0.156. The average Bonchev–Trinajstić information content (AvgIpc) is 3.17. The van der Waals surface area contributed by atoms with Crippen molar-refractivity contribution in [2.75, 3.05) is 23.8 Å². The Morgan fingerprint density at radius 2 is 1.81 bits per heavy atom. The third kappa shape index (κ3) is 5.99. The van der Waals surface area contributed by atoms with Gasteiger partial charge in [0.1, 0.15) is 0 Å². The van der Waals surface area contributed by atoms with E-state index in [-0.39, 0.29) is 18.4 Å². The molecule has 0 spiro atoms. The number of rotatable bonds is 8. The van der Waals surface area contributed by atoms with Crippen molar-refractivity contribution in [1.82, 2.24) is 9.88 Å².